The van der Waals surface area contributed by atoms with E-state index in [2.05, 4.69) is 39.9 Å². The maximum Gasteiger partial charge on any atom is 0.0990 e. The van der Waals surface area contributed by atoms with E-state index in [0.717, 1.165) is 13.0 Å². The molecule has 0 amide bonds. The van der Waals surface area contributed by atoms with Gasteiger partial charge in [0.2, 0.25) is 0 Å². The van der Waals surface area contributed by atoms with Gasteiger partial charge in [0, 0.05) is 22.9 Å². The van der Waals surface area contributed by atoms with Gasteiger partial charge in [-0.15, -0.1) is 11.3 Å². The van der Waals surface area contributed by atoms with E-state index >= 15 is 0 Å². The van der Waals surface area contributed by atoms with Gasteiger partial charge in [-0.2, -0.15) is 0 Å². The van der Waals surface area contributed by atoms with Crippen LogP contribution in [-0.4, -0.2) is 11.0 Å². The molecule has 0 bridgehead atoms. The van der Waals surface area contributed by atoms with Gasteiger partial charge in [0.15, 0.2) is 0 Å². The Kier molecular flexibility index (Phi) is 4.12. The summed E-state index contributed by atoms with van der Waals surface area (Å²) in [5.74, 6) is 0.685. The SMILES string of the molecule is CC(C)Cc1nc(C2(C)CC2)sc1CNC(C)C. The molecule has 1 N–H and O–H groups in total. The minimum atomic E-state index is 0.409. The standard InChI is InChI=1S/C15H26N2S/c1-10(2)8-12-13(9-16-11(3)4)18-14(17-12)15(5)6-7-15/h10-11,16H,6-9H2,1-5H3. The van der Waals surface area contributed by atoms with Crippen LogP contribution in [-0.2, 0) is 18.4 Å². The zero-order chi connectivity index (χ0) is 13.3. The summed E-state index contributed by atoms with van der Waals surface area (Å²) in [6.07, 6.45) is 3.75. The average molecular weight is 266 g/mol. The Bertz CT molecular complexity index is 403. The van der Waals surface area contributed by atoms with E-state index in [1.807, 2.05) is 11.3 Å². The molecule has 0 spiro atoms. The molecular formula is C15H26N2S. The molecule has 2 nitrogen and oxygen atoms in total. The van der Waals surface area contributed by atoms with Crippen LogP contribution in [0.3, 0.4) is 0 Å². The Labute approximate surface area is 115 Å². The summed E-state index contributed by atoms with van der Waals surface area (Å²) in [6, 6.07) is 0.541. The lowest BCUT2D eigenvalue weighted by molar-refractivity contribution is 0.581. The van der Waals surface area contributed by atoms with E-state index in [-0.39, 0.29) is 0 Å². The molecule has 1 saturated carbocycles. The van der Waals surface area contributed by atoms with Crippen molar-refractivity contribution in [2.45, 2.75) is 71.9 Å². The summed E-state index contributed by atoms with van der Waals surface area (Å²) in [5, 5.41) is 4.90. The van der Waals surface area contributed by atoms with Gasteiger partial charge in [-0.3, -0.25) is 0 Å². The summed E-state index contributed by atoms with van der Waals surface area (Å²) in [6.45, 7) is 12.3. The first-order chi connectivity index (χ1) is 8.40. The molecule has 18 heavy (non-hydrogen) atoms. The van der Waals surface area contributed by atoms with Gasteiger partial charge < -0.3 is 5.32 Å². The molecular weight excluding hydrogens is 240 g/mol. The van der Waals surface area contributed by atoms with E-state index < -0.39 is 0 Å². The molecule has 1 heterocycles. The van der Waals surface area contributed by atoms with Crippen LogP contribution in [0.2, 0.25) is 0 Å². The number of rotatable bonds is 6. The van der Waals surface area contributed by atoms with Crippen molar-refractivity contribution in [1.29, 1.82) is 0 Å². The second-order valence-corrected chi connectivity index (χ2v) is 7.67. The fourth-order valence-electron chi connectivity index (χ4n) is 2.02. The van der Waals surface area contributed by atoms with Crippen LogP contribution in [0.15, 0.2) is 0 Å². The molecule has 1 aromatic heterocycles. The molecule has 1 aliphatic rings. The maximum absolute atomic E-state index is 4.94. The van der Waals surface area contributed by atoms with E-state index in [1.165, 1.54) is 28.4 Å². The van der Waals surface area contributed by atoms with Gasteiger partial charge >= 0.3 is 0 Å². The molecule has 0 radical (unpaired) electrons. The number of aromatic nitrogens is 1. The van der Waals surface area contributed by atoms with Gasteiger partial charge in [-0.05, 0) is 25.2 Å². The minimum absolute atomic E-state index is 0.409. The topological polar surface area (TPSA) is 24.9 Å². The van der Waals surface area contributed by atoms with Crippen molar-refractivity contribution in [3.8, 4) is 0 Å². The molecule has 1 aromatic rings. The van der Waals surface area contributed by atoms with Gasteiger partial charge in [-0.25, -0.2) is 4.98 Å². The van der Waals surface area contributed by atoms with E-state index in [1.54, 1.807) is 0 Å². The highest BCUT2D eigenvalue weighted by atomic mass is 32.1. The van der Waals surface area contributed by atoms with Gasteiger partial charge in [0.05, 0.1) is 10.7 Å². The quantitative estimate of drug-likeness (QED) is 0.845. The molecule has 0 aliphatic heterocycles. The fourth-order valence-corrected chi connectivity index (χ4v) is 3.27. The van der Waals surface area contributed by atoms with Crippen LogP contribution in [0.5, 0.6) is 0 Å². The van der Waals surface area contributed by atoms with Crippen LogP contribution < -0.4 is 5.32 Å². The van der Waals surface area contributed by atoms with Crippen molar-refractivity contribution in [3.63, 3.8) is 0 Å². The summed E-state index contributed by atoms with van der Waals surface area (Å²) < 4.78 is 0. The Morgan fingerprint density at radius 1 is 1.28 bits per heavy atom. The zero-order valence-electron chi connectivity index (χ0n) is 12.3. The zero-order valence-corrected chi connectivity index (χ0v) is 13.2. The lowest BCUT2D eigenvalue weighted by atomic mass is 10.1. The number of hydrogen-bond donors (Lipinski definition) is 1. The van der Waals surface area contributed by atoms with Crippen molar-refractivity contribution in [1.82, 2.24) is 10.3 Å². The summed E-state index contributed by atoms with van der Waals surface area (Å²) in [4.78, 5) is 6.40. The van der Waals surface area contributed by atoms with Gasteiger partial charge in [0.25, 0.3) is 0 Å². The third-order valence-electron chi connectivity index (χ3n) is 3.57. The highest BCUT2D eigenvalue weighted by molar-refractivity contribution is 7.12. The third kappa shape index (κ3) is 3.33. The first kappa shape index (κ1) is 14.0. The lowest BCUT2D eigenvalue weighted by Crippen LogP contribution is -2.22. The second-order valence-electron chi connectivity index (χ2n) is 6.58. The molecule has 3 heteroatoms. The normalized spacial score (nSPS) is 17.7. The molecule has 0 saturated heterocycles. The van der Waals surface area contributed by atoms with Crippen LogP contribution in [0.1, 0.15) is 63.0 Å². The van der Waals surface area contributed by atoms with E-state index in [0.29, 0.717) is 17.4 Å². The van der Waals surface area contributed by atoms with Crippen LogP contribution >= 0.6 is 11.3 Å². The molecule has 2 rings (SSSR count). The summed E-state index contributed by atoms with van der Waals surface area (Å²) >= 11 is 1.94. The first-order valence-corrected chi connectivity index (χ1v) is 7.95. The Balaban J connectivity index is 2.16. The maximum atomic E-state index is 4.94. The Hall–Kier alpha value is -0.410. The van der Waals surface area contributed by atoms with Crippen LogP contribution in [0.4, 0.5) is 0 Å². The number of nitrogens with zero attached hydrogens (tertiary/aromatic N) is 1. The van der Waals surface area contributed by atoms with Crippen molar-refractivity contribution >= 4 is 11.3 Å². The largest absolute Gasteiger partial charge is 0.310 e. The molecule has 0 unspecified atom stereocenters. The highest BCUT2D eigenvalue weighted by Crippen LogP contribution is 2.49. The third-order valence-corrected chi connectivity index (χ3v) is 4.97. The second kappa shape index (κ2) is 5.30. The van der Waals surface area contributed by atoms with Crippen LogP contribution in [0.25, 0.3) is 0 Å². The Morgan fingerprint density at radius 3 is 2.44 bits per heavy atom. The van der Waals surface area contributed by atoms with E-state index in [9.17, 15) is 0 Å². The number of hydrogen-bond acceptors (Lipinski definition) is 3. The van der Waals surface area contributed by atoms with Crippen molar-refractivity contribution in [2.24, 2.45) is 5.92 Å². The number of thiazole rings is 1. The van der Waals surface area contributed by atoms with Crippen molar-refractivity contribution in [2.75, 3.05) is 0 Å². The van der Waals surface area contributed by atoms with Crippen LogP contribution in [0, 0.1) is 5.92 Å². The minimum Gasteiger partial charge on any atom is -0.310 e. The molecule has 0 atom stereocenters. The fraction of sp³-hybridized carbons (Fsp3) is 0.800. The molecule has 1 fully saturated rings. The highest BCUT2D eigenvalue weighted by Gasteiger charge is 2.42. The molecule has 1 aliphatic carbocycles. The average Bonchev–Trinajstić information content (AvgIpc) is 2.88. The van der Waals surface area contributed by atoms with E-state index in [4.69, 9.17) is 4.98 Å². The monoisotopic (exact) mass is 266 g/mol. The van der Waals surface area contributed by atoms with Crippen molar-refractivity contribution < 1.29 is 0 Å². The Morgan fingerprint density at radius 2 is 1.94 bits per heavy atom. The summed E-state index contributed by atoms with van der Waals surface area (Å²) in [7, 11) is 0. The number of nitrogens with one attached hydrogen (secondary N) is 1. The van der Waals surface area contributed by atoms with Crippen molar-refractivity contribution in [3.05, 3.63) is 15.6 Å². The predicted molar refractivity (Wildman–Crippen MR) is 79.2 cm³/mol. The van der Waals surface area contributed by atoms with Gasteiger partial charge in [0.1, 0.15) is 0 Å². The first-order valence-electron chi connectivity index (χ1n) is 7.13. The summed E-state index contributed by atoms with van der Waals surface area (Å²) in [5.41, 5.74) is 1.75. The predicted octanol–water partition coefficient (Wildman–Crippen LogP) is 3.89. The lowest BCUT2D eigenvalue weighted by Gasteiger charge is -2.08. The smallest absolute Gasteiger partial charge is 0.0990 e. The molecule has 0 aromatic carbocycles. The van der Waals surface area contributed by atoms with Gasteiger partial charge in [-0.1, -0.05) is 34.6 Å². The molecule has 102 valence electrons.